The van der Waals surface area contributed by atoms with Crippen LogP contribution in [0, 0.1) is 11.3 Å². The predicted molar refractivity (Wildman–Crippen MR) is 62.9 cm³/mol. The highest BCUT2D eigenvalue weighted by Gasteiger charge is 2.61. The first-order valence-electron chi connectivity index (χ1n) is 6.32. The van der Waals surface area contributed by atoms with Crippen LogP contribution in [-0.2, 0) is 4.74 Å². The summed E-state index contributed by atoms with van der Waals surface area (Å²) in [5.41, 5.74) is 0.963. The molecule has 0 saturated heterocycles. The van der Waals surface area contributed by atoms with Gasteiger partial charge in [0.2, 0.25) is 0 Å². The fraction of sp³-hybridized carbons (Fsp3) is 1.00. The van der Waals surface area contributed by atoms with Crippen molar-refractivity contribution in [3.05, 3.63) is 0 Å². The van der Waals surface area contributed by atoms with Crippen molar-refractivity contribution in [1.29, 1.82) is 0 Å². The Morgan fingerprint density at radius 2 is 1.93 bits per heavy atom. The molecule has 2 nitrogen and oxygen atoms in total. The molecule has 1 unspecified atom stereocenters. The lowest BCUT2D eigenvalue weighted by molar-refractivity contribution is -0.0403. The van der Waals surface area contributed by atoms with Gasteiger partial charge in [-0.3, -0.25) is 0 Å². The van der Waals surface area contributed by atoms with E-state index in [-0.39, 0.29) is 5.54 Å². The van der Waals surface area contributed by atoms with E-state index in [0.717, 1.165) is 12.5 Å². The molecule has 15 heavy (non-hydrogen) atoms. The topological polar surface area (TPSA) is 21.3 Å². The summed E-state index contributed by atoms with van der Waals surface area (Å²) in [4.78, 5) is 0. The Morgan fingerprint density at radius 3 is 2.47 bits per heavy atom. The molecule has 0 aromatic heterocycles. The Balaban J connectivity index is 1.65. The number of hydrogen-bond acceptors (Lipinski definition) is 2. The highest BCUT2D eigenvalue weighted by Crippen LogP contribution is 2.65. The molecule has 0 aromatic rings. The molecular weight excluding hydrogens is 186 g/mol. The van der Waals surface area contributed by atoms with Gasteiger partial charge < -0.3 is 10.1 Å². The molecule has 2 saturated carbocycles. The minimum absolute atomic E-state index is 0.271. The second-order valence-electron chi connectivity index (χ2n) is 6.38. The van der Waals surface area contributed by atoms with E-state index in [1.165, 1.54) is 25.8 Å². The Labute approximate surface area is 93.8 Å². The monoisotopic (exact) mass is 211 g/mol. The molecule has 1 atom stereocenters. The summed E-state index contributed by atoms with van der Waals surface area (Å²) in [5.74, 6) is 0.924. The lowest BCUT2D eigenvalue weighted by atomic mass is 9.77. The first-order valence-corrected chi connectivity index (χ1v) is 6.32. The molecule has 1 N–H and O–H groups in total. The zero-order chi connectivity index (χ0) is 11.1. The van der Waals surface area contributed by atoms with Crippen LogP contribution in [0.1, 0.15) is 47.0 Å². The van der Waals surface area contributed by atoms with Crippen LogP contribution in [0.2, 0.25) is 0 Å². The van der Waals surface area contributed by atoms with Crippen molar-refractivity contribution in [3.8, 4) is 0 Å². The van der Waals surface area contributed by atoms with Gasteiger partial charge in [-0.25, -0.2) is 0 Å². The van der Waals surface area contributed by atoms with Crippen molar-refractivity contribution in [1.82, 2.24) is 5.32 Å². The van der Waals surface area contributed by atoms with E-state index in [4.69, 9.17) is 4.74 Å². The summed E-state index contributed by atoms with van der Waals surface area (Å²) >= 11 is 0. The largest absolute Gasteiger partial charge is 0.378 e. The summed E-state index contributed by atoms with van der Waals surface area (Å²) in [5, 5.41) is 3.61. The van der Waals surface area contributed by atoms with Gasteiger partial charge in [-0.05, 0) is 64.8 Å². The number of hydrogen-bond donors (Lipinski definition) is 1. The van der Waals surface area contributed by atoms with Crippen LogP contribution in [0.4, 0.5) is 0 Å². The molecule has 0 amide bonds. The van der Waals surface area contributed by atoms with E-state index in [0.29, 0.717) is 11.5 Å². The third kappa shape index (κ3) is 2.54. The maximum absolute atomic E-state index is 5.63. The number of ether oxygens (including phenoxy) is 1. The van der Waals surface area contributed by atoms with Crippen molar-refractivity contribution >= 4 is 0 Å². The zero-order valence-electron chi connectivity index (χ0n) is 10.6. The maximum Gasteiger partial charge on any atom is 0.0585 e. The SMILES string of the molecule is CCOC1CC2(C1)CC2CNC(C)(C)C. The molecule has 0 bridgehead atoms. The minimum Gasteiger partial charge on any atom is -0.378 e. The highest BCUT2D eigenvalue weighted by atomic mass is 16.5. The van der Waals surface area contributed by atoms with Gasteiger partial charge >= 0.3 is 0 Å². The second-order valence-corrected chi connectivity index (χ2v) is 6.38. The highest BCUT2D eigenvalue weighted by molar-refractivity contribution is 5.12. The predicted octanol–water partition coefficient (Wildman–Crippen LogP) is 2.58. The first kappa shape index (κ1) is 11.4. The average molecular weight is 211 g/mol. The van der Waals surface area contributed by atoms with Crippen LogP contribution in [0.5, 0.6) is 0 Å². The van der Waals surface area contributed by atoms with Crippen molar-refractivity contribution in [2.24, 2.45) is 11.3 Å². The number of rotatable bonds is 4. The lowest BCUT2D eigenvalue weighted by Crippen LogP contribution is -2.40. The molecule has 1 spiro atoms. The molecule has 0 radical (unpaired) electrons. The van der Waals surface area contributed by atoms with Gasteiger partial charge in [-0.1, -0.05) is 0 Å². The summed E-state index contributed by atoms with van der Waals surface area (Å²) in [7, 11) is 0. The third-order valence-corrected chi connectivity index (χ3v) is 3.91. The van der Waals surface area contributed by atoms with E-state index in [1.807, 2.05) is 0 Å². The molecule has 2 rings (SSSR count). The van der Waals surface area contributed by atoms with Crippen LogP contribution in [0.25, 0.3) is 0 Å². The molecular formula is C13H25NO. The van der Waals surface area contributed by atoms with Crippen molar-refractivity contribution in [2.45, 2.75) is 58.6 Å². The van der Waals surface area contributed by atoms with Gasteiger partial charge in [0.25, 0.3) is 0 Å². The van der Waals surface area contributed by atoms with Gasteiger partial charge in [-0.2, -0.15) is 0 Å². The Hall–Kier alpha value is -0.0800. The molecule has 2 aliphatic carbocycles. The molecule has 2 aliphatic rings. The van der Waals surface area contributed by atoms with E-state index in [2.05, 4.69) is 33.0 Å². The number of nitrogens with one attached hydrogen (secondary N) is 1. The lowest BCUT2D eigenvalue weighted by Gasteiger charge is -2.37. The third-order valence-electron chi connectivity index (χ3n) is 3.91. The first-order chi connectivity index (χ1) is 6.95. The fourth-order valence-electron chi connectivity index (χ4n) is 2.85. The van der Waals surface area contributed by atoms with Crippen LogP contribution < -0.4 is 5.32 Å². The van der Waals surface area contributed by atoms with Gasteiger partial charge in [0.1, 0.15) is 0 Å². The van der Waals surface area contributed by atoms with Crippen LogP contribution >= 0.6 is 0 Å². The Morgan fingerprint density at radius 1 is 1.27 bits per heavy atom. The molecule has 88 valence electrons. The summed E-state index contributed by atoms with van der Waals surface area (Å²) in [6.07, 6.45) is 4.64. The van der Waals surface area contributed by atoms with E-state index in [9.17, 15) is 0 Å². The average Bonchev–Trinajstić information content (AvgIpc) is 2.74. The van der Waals surface area contributed by atoms with Crippen LogP contribution in [-0.4, -0.2) is 24.8 Å². The van der Waals surface area contributed by atoms with Crippen LogP contribution in [0.3, 0.4) is 0 Å². The van der Waals surface area contributed by atoms with E-state index in [1.54, 1.807) is 0 Å². The minimum atomic E-state index is 0.271. The van der Waals surface area contributed by atoms with E-state index < -0.39 is 0 Å². The quantitative estimate of drug-likeness (QED) is 0.771. The van der Waals surface area contributed by atoms with Gasteiger partial charge in [0.05, 0.1) is 6.10 Å². The van der Waals surface area contributed by atoms with Gasteiger partial charge in [0.15, 0.2) is 0 Å². The zero-order valence-corrected chi connectivity index (χ0v) is 10.6. The van der Waals surface area contributed by atoms with Gasteiger partial charge in [-0.15, -0.1) is 0 Å². The summed E-state index contributed by atoms with van der Waals surface area (Å²) < 4.78 is 5.63. The molecule has 0 aromatic carbocycles. The summed E-state index contributed by atoms with van der Waals surface area (Å²) in [6, 6.07) is 0. The Kier molecular flexibility index (Phi) is 2.85. The second kappa shape index (κ2) is 3.74. The van der Waals surface area contributed by atoms with Gasteiger partial charge in [0, 0.05) is 12.1 Å². The normalized spacial score (nSPS) is 39.2. The fourth-order valence-corrected chi connectivity index (χ4v) is 2.85. The summed E-state index contributed by atoms with van der Waals surface area (Å²) in [6.45, 7) is 10.9. The van der Waals surface area contributed by atoms with Crippen LogP contribution in [0.15, 0.2) is 0 Å². The van der Waals surface area contributed by atoms with Crippen molar-refractivity contribution in [3.63, 3.8) is 0 Å². The maximum atomic E-state index is 5.63. The Bertz CT molecular complexity index is 225. The molecule has 2 heteroatoms. The van der Waals surface area contributed by atoms with Crippen molar-refractivity contribution in [2.75, 3.05) is 13.2 Å². The molecule has 0 heterocycles. The standard InChI is InChI=1S/C13H25NO/c1-5-15-11-7-13(8-11)6-10(13)9-14-12(2,3)4/h10-11,14H,5-9H2,1-4H3. The molecule has 2 fully saturated rings. The smallest absolute Gasteiger partial charge is 0.0585 e. The van der Waals surface area contributed by atoms with E-state index >= 15 is 0 Å². The molecule has 0 aliphatic heterocycles. The van der Waals surface area contributed by atoms with Crippen molar-refractivity contribution < 1.29 is 4.74 Å².